The Bertz CT molecular complexity index is 1310. The number of benzene rings is 1. The molecule has 4 heterocycles. The molecule has 1 aromatic carbocycles. The number of anilines is 1. The molecule has 8 heteroatoms. The number of halogens is 1. The Morgan fingerprint density at radius 2 is 2.03 bits per heavy atom. The zero-order valence-electron chi connectivity index (χ0n) is 17.7. The van der Waals surface area contributed by atoms with E-state index in [-0.39, 0.29) is 17.8 Å². The highest BCUT2D eigenvalue weighted by atomic mass is 35.5. The normalized spacial score (nSPS) is 17.4. The van der Waals surface area contributed by atoms with E-state index in [1.54, 1.807) is 12.4 Å². The fourth-order valence-electron chi connectivity index (χ4n) is 4.21. The summed E-state index contributed by atoms with van der Waals surface area (Å²) in [5.74, 6) is 0.668. The lowest BCUT2D eigenvalue weighted by Crippen LogP contribution is -2.23. The SMILES string of the molecule is C[C@H](Nc1cc(-c2ccnn2C2CCCCO2)ccn1)c1cc2ccccc2n(Cl)c1=O. The van der Waals surface area contributed by atoms with Crippen LogP contribution >= 0.6 is 11.8 Å². The van der Waals surface area contributed by atoms with Gasteiger partial charge >= 0.3 is 0 Å². The molecule has 1 N–H and O–H groups in total. The van der Waals surface area contributed by atoms with Crippen molar-refractivity contribution < 1.29 is 4.74 Å². The van der Waals surface area contributed by atoms with Crippen molar-refractivity contribution in [3.8, 4) is 11.3 Å². The molecule has 0 radical (unpaired) electrons. The topological polar surface area (TPSA) is 74.0 Å². The number of nitrogens with zero attached hydrogens (tertiary/aromatic N) is 4. The van der Waals surface area contributed by atoms with E-state index in [1.165, 1.54) is 4.09 Å². The van der Waals surface area contributed by atoms with Gasteiger partial charge in [-0.15, -0.1) is 0 Å². The van der Waals surface area contributed by atoms with Crippen LogP contribution in [0.5, 0.6) is 0 Å². The summed E-state index contributed by atoms with van der Waals surface area (Å²) >= 11 is 6.30. The van der Waals surface area contributed by atoms with Gasteiger partial charge in [0.15, 0.2) is 6.23 Å². The van der Waals surface area contributed by atoms with Crippen molar-refractivity contribution in [1.82, 2.24) is 18.9 Å². The first kappa shape index (κ1) is 20.7. The molecule has 0 spiro atoms. The minimum Gasteiger partial charge on any atom is -0.363 e. The number of nitrogens with one attached hydrogen (secondary N) is 1. The summed E-state index contributed by atoms with van der Waals surface area (Å²) < 4.78 is 9.03. The van der Waals surface area contributed by atoms with E-state index in [9.17, 15) is 4.79 Å². The predicted molar refractivity (Wildman–Crippen MR) is 126 cm³/mol. The van der Waals surface area contributed by atoms with Crippen molar-refractivity contribution in [2.75, 3.05) is 11.9 Å². The van der Waals surface area contributed by atoms with Crippen LogP contribution < -0.4 is 10.9 Å². The van der Waals surface area contributed by atoms with Crippen molar-refractivity contribution in [2.45, 2.75) is 38.5 Å². The fourth-order valence-corrected chi connectivity index (χ4v) is 4.46. The maximum Gasteiger partial charge on any atom is 0.270 e. The van der Waals surface area contributed by atoms with Gasteiger partial charge in [-0.1, -0.05) is 18.2 Å². The van der Waals surface area contributed by atoms with E-state index in [2.05, 4.69) is 15.4 Å². The molecule has 4 aromatic rings. The number of aromatic nitrogens is 4. The van der Waals surface area contributed by atoms with E-state index < -0.39 is 0 Å². The monoisotopic (exact) mass is 449 g/mol. The van der Waals surface area contributed by atoms with Crippen LogP contribution in [-0.2, 0) is 4.74 Å². The Morgan fingerprint density at radius 1 is 1.16 bits per heavy atom. The fraction of sp³-hybridized carbons (Fsp3) is 0.292. The highest BCUT2D eigenvalue weighted by Crippen LogP contribution is 2.29. The van der Waals surface area contributed by atoms with Gasteiger partial charge in [0, 0.05) is 47.3 Å². The Morgan fingerprint density at radius 3 is 2.88 bits per heavy atom. The average molecular weight is 450 g/mol. The zero-order chi connectivity index (χ0) is 22.1. The lowest BCUT2D eigenvalue weighted by molar-refractivity contribution is -0.0383. The number of rotatable bonds is 5. The van der Waals surface area contributed by atoms with Crippen LogP contribution in [0.25, 0.3) is 22.2 Å². The minimum atomic E-state index is -0.286. The van der Waals surface area contributed by atoms with Crippen molar-refractivity contribution in [3.63, 3.8) is 0 Å². The molecule has 1 fully saturated rings. The Balaban J connectivity index is 1.43. The van der Waals surface area contributed by atoms with E-state index in [4.69, 9.17) is 16.5 Å². The average Bonchev–Trinajstić information content (AvgIpc) is 3.32. The third-order valence-corrected chi connectivity index (χ3v) is 6.21. The molecular weight excluding hydrogens is 426 g/mol. The van der Waals surface area contributed by atoms with Gasteiger partial charge < -0.3 is 10.1 Å². The van der Waals surface area contributed by atoms with Crippen LogP contribution in [0.2, 0.25) is 0 Å². The second-order valence-electron chi connectivity index (χ2n) is 8.02. The molecule has 5 rings (SSSR count). The van der Waals surface area contributed by atoms with E-state index in [1.807, 2.05) is 60.1 Å². The van der Waals surface area contributed by atoms with E-state index in [0.717, 1.165) is 42.5 Å². The van der Waals surface area contributed by atoms with Crippen molar-refractivity contribution in [1.29, 1.82) is 0 Å². The molecule has 1 aliphatic heterocycles. The number of para-hydroxylation sites is 1. The van der Waals surface area contributed by atoms with Crippen LogP contribution in [0.4, 0.5) is 5.82 Å². The molecular formula is C24H24ClN5O2. The van der Waals surface area contributed by atoms with Gasteiger partial charge in [0.1, 0.15) is 5.82 Å². The predicted octanol–water partition coefficient (Wildman–Crippen LogP) is 5.13. The van der Waals surface area contributed by atoms with Crippen LogP contribution in [-0.4, -0.2) is 25.5 Å². The van der Waals surface area contributed by atoms with Gasteiger partial charge in [-0.2, -0.15) is 5.10 Å². The standard InChI is InChI=1S/C24H24ClN5O2/c1-16(19-14-17-6-2-3-7-20(17)29(25)24(19)31)28-22-15-18(9-11-26-22)21-10-12-27-30(21)23-8-4-5-13-32-23/h2-3,6-7,9-12,14-16,23H,4-5,8,13H2,1H3,(H,26,28)/t16-,23?/m0/s1. The summed E-state index contributed by atoms with van der Waals surface area (Å²) in [6.07, 6.45) is 6.68. The summed E-state index contributed by atoms with van der Waals surface area (Å²) in [4.78, 5) is 17.3. The van der Waals surface area contributed by atoms with Crippen LogP contribution in [0.1, 0.15) is 44.0 Å². The molecule has 3 aromatic heterocycles. The quantitative estimate of drug-likeness (QED) is 0.457. The highest BCUT2D eigenvalue weighted by molar-refractivity contribution is 6.18. The number of hydrogen-bond donors (Lipinski definition) is 1. The molecule has 2 atom stereocenters. The van der Waals surface area contributed by atoms with Crippen molar-refractivity contribution >= 4 is 28.5 Å². The first-order chi connectivity index (χ1) is 15.6. The first-order valence-corrected chi connectivity index (χ1v) is 11.1. The van der Waals surface area contributed by atoms with Crippen LogP contribution in [0.3, 0.4) is 0 Å². The van der Waals surface area contributed by atoms with Crippen molar-refractivity contribution in [3.05, 3.63) is 76.8 Å². The largest absolute Gasteiger partial charge is 0.363 e. The Kier molecular flexibility index (Phi) is 5.68. The number of hydrogen-bond acceptors (Lipinski definition) is 5. The summed E-state index contributed by atoms with van der Waals surface area (Å²) in [6, 6.07) is 15.1. The molecule has 32 heavy (non-hydrogen) atoms. The van der Waals surface area contributed by atoms with E-state index >= 15 is 0 Å². The molecule has 1 unspecified atom stereocenters. The maximum atomic E-state index is 12.8. The Labute approximate surface area is 190 Å². The molecule has 164 valence electrons. The van der Waals surface area contributed by atoms with Crippen LogP contribution in [0, 0.1) is 0 Å². The zero-order valence-corrected chi connectivity index (χ0v) is 18.5. The molecule has 0 bridgehead atoms. The number of ether oxygens (including phenoxy) is 1. The molecule has 0 saturated carbocycles. The molecule has 0 amide bonds. The first-order valence-electron chi connectivity index (χ1n) is 10.8. The maximum absolute atomic E-state index is 12.8. The lowest BCUT2D eigenvalue weighted by Gasteiger charge is -2.24. The van der Waals surface area contributed by atoms with Gasteiger partial charge in [0.2, 0.25) is 0 Å². The second kappa shape index (κ2) is 8.76. The third-order valence-electron chi connectivity index (χ3n) is 5.87. The number of pyridine rings is 2. The molecule has 0 aliphatic carbocycles. The van der Waals surface area contributed by atoms with Crippen molar-refractivity contribution in [2.24, 2.45) is 0 Å². The van der Waals surface area contributed by atoms with Gasteiger partial charge in [-0.25, -0.2) is 13.8 Å². The van der Waals surface area contributed by atoms with Gasteiger partial charge in [-0.3, -0.25) is 4.79 Å². The summed E-state index contributed by atoms with van der Waals surface area (Å²) in [5, 5.41) is 8.75. The van der Waals surface area contributed by atoms with Gasteiger partial charge in [-0.05, 0) is 56.5 Å². The van der Waals surface area contributed by atoms with Gasteiger partial charge in [0.05, 0.1) is 17.3 Å². The lowest BCUT2D eigenvalue weighted by atomic mass is 10.1. The molecule has 1 saturated heterocycles. The smallest absolute Gasteiger partial charge is 0.270 e. The summed E-state index contributed by atoms with van der Waals surface area (Å²) in [5.41, 5.74) is 2.98. The van der Waals surface area contributed by atoms with E-state index in [0.29, 0.717) is 16.9 Å². The van der Waals surface area contributed by atoms with Crippen LogP contribution in [0.15, 0.2) is 65.7 Å². The number of fused-ring (bicyclic) bond motifs is 1. The second-order valence-corrected chi connectivity index (χ2v) is 8.36. The summed E-state index contributed by atoms with van der Waals surface area (Å²) in [7, 11) is 0. The summed E-state index contributed by atoms with van der Waals surface area (Å²) in [6.45, 7) is 2.69. The highest BCUT2D eigenvalue weighted by Gasteiger charge is 2.20. The van der Waals surface area contributed by atoms with Gasteiger partial charge in [0.25, 0.3) is 5.56 Å². The Hall–Kier alpha value is -3.16. The molecule has 1 aliphatic rings. The minimum absolute atomic E-state index is 0.0444. The third kappa shape index (κ3) is 3.89. The molecule has 7 nitrogen and oxygen atoms in total.